The number of fused-ring (bicyclic) bond motifs is 1. The van der Waals surface area contributed by atoms with Gasteiger partial charge in [-0.25, -0.2) is 4.98 Å². The van der Waals surface area contributed by atoms with Gasteiger partial charge in [0.1, 0.15) is 16.8 Å². The van der Waals surface area contributed by atoms with Crippen LogP contribution >= 0.6 is 11.3 Å². The molecule has 26 heavy (non-hydrogen) atoms. The standard InChI is InChI=1S/C20H13N3O2S/c21-10-15(20-23-17(12-26-20)14-4-2-1-3-5-14)8-13-6-7-18-16(9-13)22-19(24)11-25-18/h1-9,12H,11H2,(H,22,24)/b15-8+. The minimum Gasteiger partial charge on any atom is -0.482 e. The van der Waals surface area contributed by atoms with Crippen molar-refractivity contribution in [3.05, 3.63) is 64.5 Å². The molecular weight excluding hydrogens is 346 g/mol. The quantitative estimate of drug-likeness (QED) is 0.711. The van der Waals surface area contributed by atoms with Crippen LogP contribution in [0.3, 0.4) is 0 Å². The lowest BCUT2D eigenvalue weighted by Gasteiger charge is -2.17. The maximum absolute atomic E-state index is 11.5. The fourth-order valence-corrected chi connectivity index (χ4v) is 3.43. The molecule has 0 unspecified atom stereocenters. The number of carbonyl (C=O) groups excluding carboxylic acids is 1. The van der Waals surface area contributed by atoms with Crippen LogP contribution in [0.5, 0.6) is 5.75 Å². The normalized spacial score (nSPS) is 13.3. The van der Waals surface area contributed by atoms with Gasteiger partial charge in [0.05, 0.1) is 17.0 Å². The highest BCUT2D eigenvalue weighted by Gasteiger charge is 2.16. The average Bonchev–Trinajstić information content (AvgIpc) is 3.16. The van der Waals surface area contributed by atoms with Crippen LogP contribution in [0.25, 0.3) is 22.9 Å². The number of thiazole rings is 1. The summed E-state index contributed by atoms with van der Waals surface area (Å²) in [6.45, 7) is 0.0208. The number of nitrogens with one attached hydrogen (secondary N) is 1. The molecule has 2 aromatic carbocycles. The summed E-state index contributed by atoms with van der Waals surface area (Å²) in [7, 11) is 0. The van der Waals surface area contributed by atoms with E-state index in [1.165, 1.54) is 11.3 Å². The number of benzene rings is 2. The zero-order chi connectivity index (χ0) is 17.9. The summed E-state index contributed by atoms with van der Waals surface area (Å²) in [6, 6.07) is 17.5. The van der Waals surface area contributed by atoms with Gasteiger partial charge in [-0.2, -0.15) is 5.26 Å². The minimum atomic E-state index is -0.188. The Morgan fingerprint density at radius 3 is 2.92 bits per heavy atom. The Morgan fingerprint density at radius 2 is 2.12 bits per heavy atom. The van der Waals surface area contributed by atoms with Gasteiger partial charge in [-0.15, -0.1) is 11.3 Å². The largest absolute Gasteiger partial charge is 0.482 e. The lowest BCUT2D eigenvalue weighted by atomic mass is 10.1. The average molecular weight is 359 g/mol. The molecule has 0 radical (unpaired) electrons. The molecule has 0 atom stereocenters. The molecule has 126 valence electrons. The van der Waals surface area contributed by atoms with E-state index in [1.807, 2.05) is 41.8 Å². The van der Waals surface area contributed by atoms with Gasteiger partial charge in [-0.05, 0) is 23.8 Å². The van der Waals surface area contributed by atoms with Crippen molar-refractivity contribution < 1.29 is 9.53 Å². The van der Waals surface area contributed by atoms with Crippen LogP contribution in [0.1, 0.15) is 10.6 Å². The number of allylic oxidation sites excluding steroid dienone is 1. The van der Waals surface area contributed by atoms with Crippen molar-refractivity contribution in [3.8, 4) is 23.1 Å². The number of nitrogens with zero attached hydrogens (tertiary/aromatic N) is 2. The van der Waals surface area contributed by atoms with Gasteiger partial charge in [0.25, 0.3) is 5.91 Å². The first-order valence-electron chi connectivity index (χ1n) is 7.93. The van der Waals surface area contributed by atoms with Crippen molar-refractivity contribution in [1.82, 2.24) is 4.98 Å². The maximum Gasteiger partial charge on any atom is 0.262 e. The predicted molar refractivity (Wildman–Crippen MR) is 102 cm³/mol. The fraction of sp³-hybridized carbons (Fsp3) is 0.0500. The van der Waals surface area contributed by atoms with Crippen molar-refractivity contribution >= 4 is 34.6 Å². The molecule has 2 heterocycles. The molecule has 1 N–H and O–H groups in total. The van der Waals surface area contributed by atoms with Gasteiger partial charge < -0.3 is 10.1 Å². The van der Waals surface area contributed by atoms with Crippen LogP contribution in [-0.2, 0) is 4.79 Å². The van der Waals surface area contributed by atoms with Gasteiger partial charge in [0, 0.05) is 10.9 Å². The lowest BCUT2D eigenvalue weighted by molar-refractivity contribution is -0.118. The summed E-state index contributed by atoms with van der Waals surface area (Å²) in [5.41, 5.74) is 3.73. The molecule has 1 amide bonds. The predicted octanol–water partition coefficient (Wildman–Crippen LogP) is 4.21. The summed E-state index contributed by atoms with van der Waals surface area (Å²) in [4.78, 5) is 16.0. The summed E-state index contributed by atoms with van der Waals surface area (Å²) in [5, 5.41) is 14.9. The van der Waals surface area contributed by atoms with Crippen molar-refractivity contribution in [2.75, 3.05) is 11.9 Å². The first-order chi connectivity index (χ1) is 12.7. The molecule has 5 nitrogen and oxygen atoms in total. The fourth-order valence-electron chi connectivity index (χ4n) is 2.64. The summed E-state index contributed by atoms with van der Waals surface area (Å²) < 4.78 is 5.35. The second-order valence-corrected chi connectivity index (χ2v) is 6.52. The third-order valence-corrected chi connectivity index (χ3v) is 4.75. The Balaban J connectivity index is 1.66. The Labute approximate surface area is 154 Å². The van der Waals surface area contributed by atoms with Crippen molar-refractivity contribution in [2.24, 2.45) is 0 Å². The van der Waals surface area contributed by atoms with Crippen LogP contribution in [0.15, 0.2) is 53.9 Å². The number of ether oxygens (including phenoxy) is 1. The van der Waals surface area contributed by atoms with E-state index in [9.17, 15) is 10.1 Å². The highest BCUT2D eigenvalue weighted by atomic mass is 32.1. The van der Waals surface area contributed by atoms with Gasteiger partial charge >= 0.3 is 0 Å². The zero-order valence-corrected chi connectivity index (χ0v) is 14.4. The van der Waals surface area contributed by atoms with E-state index in [4.69, 9.17) is 4.74 Å². The number of amides is 1. The first kappa shape index (κ1) is 16.1. The van der Waals surface area contributed by atoms with Crippen LogP contribution in [-0.4, -0.2) is 17.5 Å². The molecule has 0 bridgehead atoms. The van der Waals surface area contributed by atoms with Crippen LogP contribution < -0.4 is 10.1 Å². The molecular formula is C20H13N3O2S. The van der Waals surface area contributed by atoms with E-state index in [1.54, 1.807) is 18.2 Å². The molecule has 0 saturated heterocycles. The number of rotatable bonds is 3. The van der Waals surface area contributed by atoms with Crippen LogP contribution in [0.4, 0.5) is 5.69 Å². The summed E-state index contributed by atoms with van der Waals surface area (Å²) in [5.74, 6) is 0.437. The minimum absolute atomic E-state index is 0.0208. The molecule has 0 fully saturated rings. The third kappa shape index (κ3) is 3.21. The van der Waals surface area contributed by atoms with Gasteiger partial charge in [-0.1, -0.05) is 36.4 Å². The highest BCUT2D eigenvalue weighted by molar-refractivity contribution is 7.11. The molecule has 4 rings (SSSR count). The molecule has 6 heteroatoms. The first-order valence-corrected chi connectivity index (χ1v) is 8.81. The smallest absolute Gasteiger partial charge is 0.262 e. The Bertz CT molecular complexity index is 1050. The number of carbonyl (C=O) groups is 1. The SMILES string of the molecule is N#C/C(=C\c1ccc2c(c1)NC(=O)CO2)c1nc(-c2ccccc2)cs1. The monoisotopic (exact) mass is 359 g/mol. The summed E-state index contributed by atoms with van der Waals surface area (Å²) in [6.07, 6.45) is 1.76. The van der Waals surface area contributed by atoms with E-state index in [0.29, 0.717) is 22.0 Å². The second-order valence-electron chi connectivity index (χ2n) is 5.67. The van der Waals surface area contributed by atoms with E-state index in [0.717, 1.165) is 16.8 Å². The van der Waals surface area contributed by atoms with Crippen molar-refractivity contribution in [2.45, 2.75) is 0 Å². The second kappa shape index (κ2) is 6.82. The Hall–Kier alpha value is -3.43. The molecule has 1 aliphatic rings. The molecule has 1 aliphatic heterocycles. The number of nitriles is 1. The van der Waals surface area contributed by atoms with E-state index < -0.39 is 0 Å². The zero-order valence-electron chi connectivity index (χ0n) is 13.6. The summed E-state index contributed by atoms with van der Waals surface area (Å²) >= 11 is 1.43. The van der Waals surface area contributed by atoms with Gasteiger partial charge in [0.15, 0.2) is 6.61 Å². The molecule has 1 aromatic heterocycles. The molecule has 0 spiro atoms. The van der Waals surface area contributed by atoms with Crippen molar-refractivity contribution in [3.63, 3.8) is 0 Å². The maximum atomic E-state index is 11.5. The van der Waals surface area contributed by atoms with E-state index in [2.05, 4.69) is 16.4 Å². The van der Waals surface area contributed by atoms with Crippen LogP contribution in [0, 0.1) is 11.3 Å². The molecule has 0 aliphatic carbocycles. The van der Waals surface area contributed by atoms with E-state index >= 15 is 0 Å². The lowest BCUT2D eigenvalue weighted by Crippen LogP contribution is -2.25. The number of hydrogen-bond donors (Lipinski definition) is 1. The topological polar surface area (TPSA) is 75.0 Å². The number of hydrogen-bond acceptors (Lipinski definition) is 5. The molecule has 0 saturated carbocycles. The van der Waals surface area contributed by atoms with Gasteiger partial charge in [-0.3, -0.25) is 4.79 Å². The number of anilines is 1. The Kier molecular flexibility index (Phi) is 4.22. The van der Waals surface area contributed by atoms with Crippen LogP contribution in [0.2, 0.25) is 0 Å². The highest BCUT2D eigenvalue weighted by Crippen LogP contribution is 2.31. The van der Waals surface area contributed by atoms with Crippen molar-refractivity contribution in [1.29, 1.82) is 5.26 Å². The number of aromatic nitrogens is 1. The Morgan fingerprint density at radius 1 is 1.27 bits per heavy atom. The van der Waals surface area contributed by atoms with E-state index in [-0.39, 0.29) is 12.5 Å². The third-order valence-electron chi connectivity index (χ3n) is 3.87. The molecule has 3 aromatic rings. The van der Waals surface area contributed by atoms with Gasteiger partial charge in [0.2, 0.25) is 0 Å².